The van der Waals surface area contributed by atoms with Gasteiger partial charge in [0.2, 0.25) is 5.92 Å². The predicted octanol–water partition coefficient (Wildman–Crippen LogP) is 3.80. The van der Waals surface area contributed by atoms with Crippen molar-refractivity contribution in [2.75, 3.05) is 0 Å². The normalized spacial score (nSPS) is 31.0. The van der Waals surface area contributed by atoms with Crippen molar-refractivity contribution in [2.45, 2.75) is 38.2 Å². The lowest BCUT2D eigenvalue weighted by Gasteiger charge is -2.14. The quantitative estimate of drug-likeness (QED) is 0.787. The number of rotatable bonds is 3. The molecule has 2 aliphatic carbocycles. The molecule has 2 aliphatic rings. The van der Waals surface area contributed by atoms with E-state index < -0.39 is 5.92 Å². The largest absolute Gasteiger partial charge is 0.461 e. The number of esters is 1. The van der Waals surface area contributed by atoms with Gasteiger partial charge in [-0.3, -0.25) is 4.79 Å². The number of carbonyl (C=O) groups is 1. The molecule has 4 heteroatoms. The Balaban J connectivity index is 1.51. The maximum absolute atomic E-state index is 13.2. The van der Waals surface area contributed by atoms with Gasteiger partial charge in [0.1, 0.15) is 6.61 Å². The molecule has 0 N–H and O–H groups in total. The molecule has 0 aromatic heterocycles. The molecule has 20 heavy (non-hydrogen) atoms. The second-order valence-corrected chi connectivity index (χ2v) is 6.05. The Morgan fingerprint density at radius 2 is 1.75 bits per heavy atom. The third-order valence-electron chi connectivity index (χ3n) is 4.52. The zero-order chi connectivity index (χ0) is 14.2. The zero-order valence-corrected chi connectivity index (χ0v) is 11.2. The molecule has 2 fully saturated rings. The van der Waals surface area contributed by atoms with Gasteiger partial charge >= 0.3 is 5.97 Å². The first-order chi connectivity index (χ1) is 9.53. The summed E-state index contributed by atoms with van der Waals surface area (Å²) < 4.78 is 31.8. The van der Waals surface area contributed by atoms with E-state index in [9.17, 15) is 13.6 Å². The van der Waals surface area contributed by atoms with Crippen LogP contribution in [0.15, 0.2) is 30.3 Å². The monoisotopic (exact) mass is 280 g/mol. The van der Waals surface area contributed by atoms with Crippen LogP contribution in [0.5, 0.6) is 0 Å². The van der Waals surface area contributed by atoms with Crippen LogP contribution in [0, 0.1) is 17.8 Å². The summed E-state index contributed by atoms with van der Waals surface area (Å²) in [5.41, 5.74) is 0.950. The molecular formula is C16H18F2O2. The molecule has 108 valence electrons. The molecule has 3 rings (SSSR count). The van der Waals surface area contributed by atoms with Crippen molar-refractivity contribution in [3.05, 3.63) is 35.9 Å². The van der Waals surface area contributed by atoms with Gasteiger partial charge in [0, 0.05) is 12.8 Å². The molecule has 1 aromatic carbocycles. The smallest absolute Gasteiger partial charge is 0.309 e. The highest BCUT2D eigenvalue weighted by Gasteiger charge is 2.51. The van der Waals surface area contributed by atoms with Gasteiger partial charge < -0.3 is 4.74 Å². The van der Waals surface area contributed by atoms with E-state index >= 15 is 0 Å². The lowest BCUT2D eigenvalue weighted by atomic mass is 10.0. The first-order valence-electron chi connectivity index (χ1n) is 7.12. The Hall–Kier alpha value is -1.45. The van der Waals surface area contributed by atoms with Crippen molar-refractivity contribution < 1.29 is 18.3 Å². The van der Waals surface area contributed by atoms with E-state index in [2.05, 4.69) is 0 Å². The highest BCUT2D eigenvalue weighted by atomic mass is 19.3. The zero-order valence-electron chi connectivity index (χ0n) is 11.2. The summed E-state index contributed by atoms with van der Waals surface area (Å²) in [6.45, 7) is 0.266. The average Bonchev–Trinajstić information content (AvgIpc) is 2.90. The van der Waals surface area contributed by atoms with Crippen molar-refractivity contribution in [3.63, 3.8) is 0 Å². The van der Waals surface area contributed by atoms with Gasteiger partial charge in [-0.2, -0.15) is 0 Å². The number of halogens is 2. The molecular weight excluding hydrogens is 262 g/mol. The van der Waals surface area contributed by atoms with Crippen LogP contribution in [-0.4, -0.2) is 11.9 Å². The number of hydrogen-bond acceptors (Lipinski definition) is 2. The fraction of sp³-hybridized carbons (Fsp3) is 0.562. The second-order valence-electron chi connectivity index (χ2n) is 6.05. The first kappa shape index (κ1) is 13.5. The maximum Gasteiger partial charge on any atom is 0.309 e. The van der Waals surface area contributed by atoms with Gasteiger partial charge in [0.15, 0.2) is 0 Å². The lowest BCUT2D eigenvalue weighted by Crippen LogP contribution is -2.18. The van der Waals surface area contributed by atoms with Crippen LogP contribution >= 0.6 is 0 Å². The fourth-order valence-corrected chi connectivity index (χ4v) is 3.60. The van der Waals surface area contributed by atoms with Gasteiger partial charge in [0.05, 0.1) is 5.92 Å². The topological polar surface area (TPSA) is 26.3 Å². The van der Waals surface area contributed by atoms with E-state index in [-0.39, 0.29) is 43.2 Å². The number of carbonyl (C=O) groups excluding carboxylic acids is 1. The Morgan fingerprint density at radius 3 is 2.35 bits per heavy atom. The minimum Gasteiger partial charge on any atom is -0.461 e. The Bertz CT molecular complexity index is 471. The van der Waals surface area contributed by atoms with E-state index in [1.165, 1.54) is 0 Å². The Kier molecular flexibility index (Phi) is 3.48. The van der Waals surface area contributed by atoms with Crippen LogP contribution in [0.4, 0.5) is 8.78 Å². The standard InChI is InChI=1S/C16H18F2O2/c17-16(18)8-13-6-12(7-14(13)9-16)15(19)20-10-11-4-2-1-3-5-11/h1-5,12-14H,6-10H2/t12?,13-,14+. The van der Waals surface area contributed by atoms with Crippen LogP contribution in [0.1, 0.15) is 31.2 Å². The summed E-state index contributed by atoms with van der Waals surface area (Å²) >= 11 is 0. The minimum atomic E-state index is -2.52. The summed E-state index contributed by atoms with van der Waals surface area (Å²) in [6.07, 6.45) is 1.02. The summed E-state index contributed by atoms with van der Waals surface area (Å²) in [5.74, 6) is -2.94. The fourth-order valence-electron chi connectivity index (χ4n) is 3.60. The lowest BCUT2D eigenvalue weighted by molar-refractivity contribution is -0.150. The number of alkyl halides is 2. The van der Waals surface area contributed by atoms with E-state index in [1.807, 2.05) is 30.3 Å². The second kappa shape index (κ2) is 5.15. The van der Waals surface area contributed by atoms with Crippen LogP contribution in [0.2, 0.25) is 0 Å². The van der Waals surface area contributed by atoms with Crippen molar-refractivity contribution >= 4 is 5.97 Å². The average molecular weight is 280 g/mol. The molecule has 0 aliphatic heterocycles. The van der Waals surface area contributed by atoms with Crippen LogP contribution in [0.3, 0.4) is 0 Å². The molecule has 2 nitrogen and oxygen atoms in total. The van der Waals surface area contributed by atoms with E-state index in [0.29, 0.717) is 12.8 Å². The molecule has 1 aromatic rings. The predicted molar refractivity (Wildman–Crippen MR) is 70.1 cm³/mol. The number of benzene rings is 1. The molecule has 1 unspecified atom stereocenters. The third-order valence-corrected chi connectivity index (χ3v) is 4.52. The van der Waals surface area contributed by atoms with Crippen molar-refractivity contribution in [3.8, 4) is 0 Å². The minimum absolute atomic E-state index is 0.000671. The molecule has 0 bridgehead atoms. The van der Waals surface area contributed by atoms with Gasteiger partial charge in [-0.1, -0.05) is 30.3 Å². The summed E-state index contributed by atoms with van der Waals surface area (Å²) in [4.78, 5) is 12.0. The molecule has 2 saturated carbocycles. The molecule has 0 heterocycles. The maximum atomic E-state index is 13.2. The van der Waals surface area contributed by atoms with Crippen LogP contribution < -0.4 is 0 Å². The number of fused-ring (bicyclic) bond motifs is 1. The van der Waals surface area contributed by atoms with E-state index in [4.69, 9.17) is 4.74 Å². The third kappa shape index (κ3) is 2.84. The summed E-state index contributed by atoms with van der Waals surface area (Å²) in [5, 5.41) is 0. The first-order valence-corrected chi connectivity index (χ1v) is 7.12. The molecule has 0 saturated heterocycles. The summed E-state index contributed by atoms with van der Waals surface area (Å²) in [6, 6.07) is 9.49. The number of hydrogen-bond donors (Lipinski definition) is 0. The molecule has 3 atom stereocenters. The highest BCUT2D eigenvalue weighted by molar-refractivity contribution is 5.73. The molecule has 0 radical (unpaired) electrons. The molecule has 0 spiro atoms. The van der Waals surface area contributed by atoms with Crippen molar-refractivity contribution in [1.29, 1.82) is 0 Å². The van der Waals surface area contributed by atoms with Gasteiger partial charge in [-0.05, 0) is 30.2 Å². The van der Waals surface area contributed by atoms with E-state index in [1.54, 1.807) is 0 Å². The van der Waals surface area contributed by atoms with Gasteiger partial charge in [0.25, 0.3) is 0 Å². The summed E-state index contributed by atoms with van der Waals surface area (Å²) in [7, 11) is 0. The number of ether oxygens (including phenoxy) is 1. The van der Waals surface area contributed by atoms with Crippen molar-refractivity contribution in [1.82, 2.24) is 0 Å². The van der Waals surface area contributed by atoms with Gasteiger partial charge in [-0.25, -0.2) is 8.78 Å². The van der Waals surface area contributed by atoms with Crippen LogP contribution in [0.25, 0.3) is 0 Å². The van der Waals surface area contributed by atoms with Crippen LogP contribution in [-0.2, 0) is 16.1 Å². The van der Waals surface area contributed by atoms with Crippen molar-refractivity contribution in [2.24, 2.45) is 17.8 Å². The SMILES string of the molecule is O=C(OCc1ccccc1)C1C[C@@H]2CC(F)(F)C[C@@H]2C1. The highest BCUT2D eigenvalue weighted by Crippen LogP contribution is 2.53. The Morgan fingerprint density at radius 1 is 1.15 bits per heavy atom. The Labute approximate surface area is 117 Å². The van der Waals surface area contributed by atoms with Gasteiger partial charge in [-0.15, -0.1) is 0 Å². The molecule has 0 amide bonds. The van der Waals surface area contributed by atoms with E-state index in [0.717, 1.165) is 5.56 Å².